The number of ether oxygens (including phenoxy) is 3. The van der Waals surface area contributed by atoms with Gasteiger partial charge >= 0.3 is 5.97 Å². The standard InChI is InChI=1S/C51H48N4O12/c1-5-24-65-48-41(44(57)26-32-12-16-36(17-13-32)51(62)66-25-6-2)23-20-37(47(48)67-31(3)4)29-43(56)34-14-10-33(11-15-34)27-45(58)42(30-46(52)59)54-49(60)35-18-21-39(22-19-35)53-50(61)38-8-7-9-40(28-38)55(63)64/h5-23,28,31,42H,1-2,24-27,29-30H2,3-4H3,(H2,52,59)(H,53,61)(H,54,60)/t42-/m0/s1. The van der Waals surface area contributed by atoms with Gasteiger partial charge in [-0.1, -0.05) is 73.8 Å². The van der Waals surface area contributed by atoms with Crippen LogP contribution in [0.4, 0.5) is 11.4 Å². The number of carbonyl (C=O) groups is 7. The minimum absolute atomic E-state index is 0.0261. The third-order valence-electron chi connectivity index (χ3n) is 9.91. The van der Waals surface area contributed by atoms with Gasteiger partial charge in [-0.25, -0.2) is 4.79 Å². The van der Waals surface area contributed by atoms with E-state index in [1.807, 2.05) is 0 Å². The van der Waals surface area contributed by atoms with Crippen LogP contribution in [0.3, 0.4) is 0 Å². The molecule has 67 heavy (non-hydrogen) atoms. The number of benzene rings is 5. The van der Waals surface area contributed by atoms with E-state index in [0.29, 0.717) is 33.5 Å². The Morgan fingerprint density at radius 3 is 1.94 bits per heavy atom. The molecule has 344 valence electrons. The van der Waals surface area contributed by atoms with Gasteiger partial charge in [-0.15, -0.1) is 0 Å². The lowest BCUT2D eigenvalue weighted by atomic mass is 9.95. The minimum atomic E-state index is -1.29. The zero-order valence-corrected chi connectivity index (χ0v) is 36.8. The molecular formula is C51H48N4O12. The first-order valence-electron chi connectivity index (χ1n) is 20.9. The van der Waals surface area contributed by atoms with Crippen LogP contribution in [0.1, 0.15) is 88.7 Å². The Bertz CT molecular complexity index is 2690. The van der Waals surface area contributed by atoms with Crippen LogP contribution in [-0.2, 0) is 33.6 Å². The molecule has 1 atom stereocenters. The summed E-state index contributed by atoms with van der Waals surface area (Å²) in [5.41, 5.74) is 8.08. The zero-order valence-electron chi connectivity index (χ0n) is 36.8. The van der Waals surface area contributed by atoms with Crippen LogP contribution < -0.4 is 25.8 Å². The van der Waals surface area contributed by atoms with E-state index in [-0.39, 0.29) is 84.0 Å². The van der Waals surface area contributed by atoms with Gasteiger partial charge in [0.2, 0.25) is 5.91 Å². The van der Waals surface area contributed by atoms with E-state index < -0.39 is 46.9 Å². The fourth-order valence-electron chi connectivity index (χ4n) is 6.63. The van der Waals surface area contributed by atoms with E-state index in [4.69, 9.17) is 19.9 Å². The van der Waals surface area contributed by atoms with Crippen LogP contribution in [0.15, 0.2) is 135 Å². The molecule has 16 heteroatoms. The van der Waals surface area contributed by atoms with E-state index in [0.717, 1.165) is 6.07 Å². The molecule has 3 amide bonds. The van der Waals surface area contributed by atoms with Crippen LogP contribution in [0.25, 0.3) is 0 Å². The molecule has 0 saturated carbocycles. The second-order valence-electron chi connectivity index (χ2n) is 15.4. The van der Waals surface area contributed by atoms with Gasteiger partial charge in [0.1, 0.15) is 13.2 Å². The molecule has 0 spiro atoms. The highest BCUT2D eigenvalue weighted by molar-refractivity contribution is 6.06. The lowest BCUT2D eigenvalue weighted by Gasteiger charge is -2.20. The van der Waals surface area contributed by atoms with Crippen molar-refractivity contribution in [2.75, 3.05) is 18.5 Å². The highest BCUT2D eigenvalue weighted by Gasteiger charge is 2.26. The maximum Gasteiger partial charge on any atom is 0.338 e. The van der Waals surface area contributed by atoms with Gasteiger partial charge < -0.3 is 30.6 Å². The summed E-state index contributed by atoms with van der Waals surface area (Å²) in [6.45, 7) is 11.0. The fraction of sp³-hybridized carbons (Fsp3) is 0.196. The summed E-state index contributed by atoms with van der Waals surface area (Å²) >= 11 is 0. The van der Waals surface area contributed by atoms with E-state index >= 15 is 0 Å². The Balaban J connectivity index is 1.25. The summed E-state index contributed by atoms with van der Waals surface area (Å²) in [5.74, 6) is -3.39. The molecule has 0 radical (unpaired) electrons. The fourth-order valence-corrected chi connectivity index (χ4v) is 6.63. The van der Waals surface area contributed by atoms with Crippen LogP contribution in [-0.4, -0.2) is 71.3 Å². The van der Waals surface area contributed by atoms with Gasteiger partial charge in [-0.3, -0.25) is 38.9 Å². The predicted molar refractivity (Wildman–Crippen MR) is 249 cm³/mol. The first kappa shape index (κ1) is 49.5. The highest BCUT2D eigenvalue weighted by Crippen LogP contribution is 2.38. The minimum Gasteiger partial charge on any atom is -0.487 e. The van der Waals surface area contributed by atoms with Crippen molar-refractivity contribution >= 4 is 52.4 Å². The van der Waals surface area contributed by atoms with Gasteiger partial charge in [0.25, 0.3) is 17.5 Å². The molecule has 0 bridgehead atoms. The number of amides is 3. The van der Waals surface area contributed by atoms with Crippen LogP contribution in [0, 0.1) is 10.1 Å². The molecule has 0 saturated heterocycles. The third-order valence-corrected chi connectivity index (χ3v) is 9.91. The summed E-state index contributed by atoms with van der Waals surface area (Å²) in [4.78, 5) is 101. The SMILES string of the molecule is C=CCOC(=O)c1ccc(CC(=O)c2ccc(CC(=O)c3ccc(CC(=O)[C@H](CC(N)=O)NC(=O)c4ccc(NC(=O)c5cccc([N+](=O)[O-])c5)cc4)cc3)c(OC(C)C)c2OCC=C)cc1. The average Bonchev–Trinajstić information content (AvgIpc) is 3.30. The monoisotopic (exact) mass is 908 g/mol. The Kier molecular flexibility index (Phi) is 17.3. The van der Waals surface area contributed by atoms with Crippen molar-refractivity contribution in [3.8, 4) is 11.5 Å². The van der Waals surface area contributed by atoms with Crippen molar-refractivity contribution in [2.45, 2.75) is 51.7 Å². The molecule has 0 aliphatic carbocycles. The number of esters is 1. The Labute approximate surface area is 386 Å². The summed E-state index contributed by atoms with van der Waals surface area (Å²) in [6, 6.07) is 25.5. The molecule has 0 aromatic heterocycles. The number of nitro benzene ring substituents is 1. The lowest BCUT2D eigenvalue weighted by Crippen LogP contribution is -2.44. The Hall–Kier alpha value is -8.53. The van der Waals surface area contributed by atoms with Crippen LogP contribution in [0.2, 0.25) is 0 Å². The molecule has 16 nitrogen and oxygen atoms in total. The average molecular weight is 909 g/mol. The van der Waals surface area contributed by atoms with E-state index in [2.05, 4.69) is 23.8 Å². The summed E-state index contributed by atoms with van der Waals surface area (Å²) in [7, 11) is 0. The molecule has 5 aromatic rings. The molecule has 0 aliphatic rings. The number of ketones is 3. The lowest BCUT2D eigenvalue weighted by molar-refractivity contribution is -0.384. The number of nitrogens with zero attached hydrogens (tertiary/aromatic N) is 1. The van der Waals surface area contributed by atoms with Gasteiger partial charge in [-0.05, 0) is 73.5 Å². The van der Waals surface area contributed by atoms with Crippen molar-refractivity contribution in [3.05, 3.63) is 189 Å². The van der Waals surface area contributed by atoms with Gasteiger partial charge in [0.15, 0.2) is 28.8 Å². The number of nitro groups is 1. The van der Waals surface area contributed by atoms with E-state index in [9.17, 15) is 43.7 Å². The number of hydrogen-bond donors (Lipinski definition) is 3. The molecular weight excluding hydrogens is 861 g/mol. The molecule has 0 aliphatic heterocycles. The largest absolute Gasteiger partial charge is 0.487 e. The van der Waals surface area contributed by atoms with Crippen molar-refractivity contribution < 1.29 is 52.7 Å². The number of Topliss-reactive ketones (excluding diaryl/α,β-unsaturated/α-hetero) is 3. The number of hydrogen-bond acceptors (Lipinski definition) is 12. The summed E-state index contributed by atoms with van der Waals surface area (Å²) < 4.78 is 17.3. The number of non-ortho nitro benzene ring substituents is 1. The molecule has 4 N–H and O–H groups in total. The van der Waals surface area contributed by atoms with Crippen LogP contribution >= 0.6 is 0 Å². The van der Waals surface area contributed by atoms with E-state index in [1.165, 1.54) is 54.6 Å². The quantitative estimate of drug-likeness (QED) is 0.0183. The summed E-state index contributed by atoms with van der Waals surface area (Å²) in [6.07, 6.45) is 1.75. The second kappa shape index (κ2) is 23.4. The van der Waals surface area contributed by atoms with Crippen molar-refractivity contribution in [1.29, 1.82) is 0 Å². The van der Waals surface area contributed by atoms with Gasteiger partial charge in [0, 0.05) is 59.3 Å². The Morgan fingerprint density at radius 1 is 0.701 bits per heavy atom. The first-order chi connectivity index (χ1) is 32.1. The maximum atomic E-state index is 13.7. The second-order valence-corrected chi connectivity index (χ2v) is 15.4. The number of nitrogens with two attached hydrogens (primary N) is 1. The summed E-state index contributed by atoms with van der Waals surface area (Å²) in [5, 5.41) is 16.2. The third kappa shape index (κ3) is 14.0. The molecule has 0 fully saturated rings. The maximum absolute atomic E-state index is 13.7. The topological polar surface area (TPSA) is 240 Å². The number of rotatable bonds is 24. The number of primary amides is 1. The number of carbonyl (C=O) groups excluding carboxylic acids is 7. The molecule has 0 unspecified atom stereocenters. The number of anilines is 1. The van der Waals surface area contributed by atoms with E-state index in [1.54, 1.807) is 74.5 Å². The molecule has 0 heterocycles. The van der Waals surface area contributed by atoms with Crippen molar-refractivity contribution in [3.63, 3.8) is 0 Å². The van der Waals surface area contributed by atoms with Crippen molar-refractivity contribution in [2.24, 2.45) is 5.73 Å². The molecule has 5 rings (SSSR count). The molecule has 5 aromatic carbocycles. The van der Waals surface area contributed by atoms with Gasteiger partial charge in [-0.2, -0.15) is 0 Å². The number of nitrogens with one attached hydrogen (secondary N) is 2. The zero-order chi connectivity index (χ0) is 48.6. The highest BCUT2D eigenvalue weighted by atomic mass is 16.6. The van der Waals surface area contributed by atoms with Gasteiger partial charge in [0.05, 0.1) is 34.6 Å². The normalized spacial score (nSPS) is 11.1. The van der Waals surface area contributed by atoms with Crippen molar-refractivity contribution in [1.82, 2.24) is 5.32 Å². The first-order valence-corrected chi connectivity index (χ1v) is 20.9. The smallest absolute Gasteiger partial charge is 0.338 e. The predicted octanol–water partition coefficient (Wildman–Crippen LogP) is 7.18. The Morgan fingerprint density at radius 2 is 1.33 bits per heavy atom. The van der Waals surface area contributed by atoms with Crippen LogP contribution in [0.5, 0.6) is 11.5 Å².